The number of benzene rings is 2. The summed E-state index contributed by atoms with van der Waals surface area (Å²) in [5.74, 6) is -0.0677. The first kappa shape index (κ1) is 13.3. The molecular weight excluding hydrogens is 260 g/mol. The molecule has 0 saturated carbocycles. The second-order valence-corrected chi connectivity index (χ2v) is 4.82. The molecule has 1 aliphatic heterocycles. The lowest BCUT2D eigenvalue weighted by Crippen LogP contribution is -2.21. The van der Waals surface area contributed by atoms with Gasteiger partial charge in [-0.2, -0.15) is 10.1 Å². The van der Waals surface area contributed by atoms with Crippen molar-refractivity contribution in [1.29, 1.82) is 0 Å². The SMILES string of the molecule is CCC1=NN(c2ccccc2)C(=O)C1=Cc1ccccc1. The lowest BCUT2D eigenvalue weighted by molar-refractivity contribution is -0.114. The zero-order chi connectivity index (χ0) is 14.7. The predicted molar refractivity (Wildman–Crippen MR) is 86.1 cm³/mol. The van der Waals surface area contributed by atoms with Gasteiger partial charge in [-0.05, 0) is 30.2 Å². The van der Waals surface area contributed by atoms with Crippen LogP contribution in [-0.4, -0.2) is 11.6 Å². The summed E-state index contributed by atoms with van der Waals surface area (Å²) in [7, 11) is 0. The topological polar surface area (TPSA) is 32.7 Å². The highest BCUT2D eigenvalue weighted by Gasteiger charge is 2.29. The summed E-state index contributed by atoms with van der Waals surface area (Å²) in [6.07, 6.45) is 2.64. The maximum Gasteiger partial charge on any atom is 0.280 e. The number of carbonyl (C=O) groups excluding carboxylic acids is 1. The molecule has 2 aromatic rings. The summed E-state index contributed by atoms with van der Waals surface area (Å²) >= 11 is 0. The van der Waals surface area contributed by atoms with E-state index in [1.54, 1.807) is 0 Å². The molecule has 0 radical (unpaired) electrons. The number of amides is 1. The molecule has 0 spiro atoms. The Kier molecular flexibility index (Phi) is 3.65. The van der Waals surface area contributed by atoms with Gasteiger partial charge in [0, 0.05) is 0 Å². The molecule has 21 heavy (non-hydrogen) atoms. The molecule has 0 bridgehead atoms. The van der Waals surface area contributed by atoms with E-state index in [9.17, 15) is 4.79 Å². The van der Waals surface area contributed by atoms with Crippen molar-refractivity contribution in [3.05, 3.63) is 71.8 Å². The van der Waals surface area contributed by atoms with Crippen LogP contribution in [0.25, 0.3) is 6.08 Å². The molecule has 0 N–H and O–H groups in total. The number of hydrogen-bond acceptors (Lipinski definition) is 2. The summed E-state index contributed by atoms with van der Waals surface area (Å²) < 4.78 is 0. The number of para-hydroxylation sites is 1. The van der Waals surface area contributed by atoms with Crippen molar-refractivity contribution in [2.75, 3.05) is 5.01 Å². The van der Waals surface area contributed by atoms with E-state index in [0.29, 0.717) is 5.57 Å². The van der Waals surface area contributed by atoms with Crippen molar-refractivity contribution < 1.29 is 4.79 Å². The average Bonchev–Trinajstić information content (AvgIpc) is 2.86. The minimum absolute atomic E-state index is 0.0677. The van der Waals surface area contributed by atoms with Crippen LogP contribution in [0.5, 0.6) is 0 Å². The van der Waals surface area contributed by atoms with Gasteiger partial charge in [0.05, 0.1) is 17.0 Å². The zero-order valence-corrected chi connectivity index (χ0v) is 11.9. The van der Waals surface area contributed by atoms with Gasteiger partial charge in [-0.15, -0.1) is 0 Å². The van der Waals surface area contributed by atoms with Gasteiger partial charge in [0.1, 0.15) is 0 Å². The van der Waals surface area contributed by atoms with Gasteiger partial charge in [0.25, 0.3) is 5.91 Å². The number of hydrogen-bond donors (Lipinski definition) is 0. The van der Waals surface area contributed by atoms with E-state index in [2.05, 4.69) is 5.10 Å². The Morgan fingerprint density at radius 3 is 2.24 bits per heavy atom. The minimum atomic E-state index is -0.0677. The summed E-state index contributed by atoms with van der Waals surface area (Å²) in [4.78, 5) is 12.6. The highest BCUT2D eigenvalue weighted by molar-refractivity contribution is 6.32. The van der Waals surface area contributed by atoms with Crippen molar-refractivity contribution >= 4 is 23.4 Å². The normalized spacial score (nSPS) is 16.4. The molecule has 1 amide bonds. The Morgan fingerprint density at radius 2 is 1.62 bits per heavy atom. The first-order valence-corrected chi connectivity index (χ1v) is 7.03. The summed E-state index contributed by atoms with van der Waals surface area (Å²) in [5, 5.41) is 5.95. The van der Waals surface area contributed by atoms with Crippen LogP contribution in [0.1, 0.15) is 18.9 Å². The van der Waals surface area contributed by atoms with Gasteiger partial charge in [0.15, 0.2) is 0 Å². The second-order valence-electron chi connectivity index (χ2n) is 4.82. The smallest absolute Gasteiger partial charge is 0.267 e. The van der Waals surface area contributed by atoms with Gasteiger partial charge < -0.3 is 0 Å². The Labute approximate surface area is 124 Å². The molecule has 0 unspecified atom stereocenters. The zero-order valence-electron chi connectivity index (χ0n) is 11.9. The van der Waals surface area contributed by atoms with E-state index < -0.39 is 0 Å². The molecule has 3 heteroatoms. The van der Waals surface area contributed by atoms with Crippen LogP contribution in [-0.2, 0) is 4.79 Å². The monoisotopic (exact) mass is 276 g/mol. The van der Waals surface area contributed by atoms with Crippen molar-refractivity contribution in [2.24, 2.45) is 5.10 Å². The molecule has 2 aromatic carbocycles. The van der Waals surface area contributed by atoms with Gasteiger partial charge in [-0.3, -0.25) is 4.79 Å². The van der Waals surface area contributed by atoms with Crippen LogP contribution in [0, 0.1) is 0 Å². The van der Waals surface area contributed by atoms with Crippen molar-refractivity contribution in [1.82, 2.24) is 0 Å². The first-order valence-electron chi connectivity index (χ1n) is 7.03. The van der Waals surface area contributed by atoms with Crippen LogP contribution < -0.4 is 5.01 Å². The number of hydrazone groups is 1. The fourth-order valence-corrected chi connectivity index (χ4v) is 2.32. The summed E-state index contributed by atoms with van der Waals surface area (Å²) in [6, 6.07) is 19.4. The molecular formula is C18H16N2O. The predicted octanol–water partition coefficient (Wildman–Crippen LogP) is 3.88. The molecule has 104 valence electrons. The van der Waals surface area contributed by atoms with Crippen LogP contribution in [0.4, 0.5) is 5.69 Å². The average molecular weight is 276 g/mol. The lowest BCUT2D eigenvalue weighted by Gasteiger charge is -2.10. The maximum absolute atomic E-state index is 12.6. The summed E-state index contributed by atoms with van der Waals surface area (Å²) in [5.41, 5.74) is 3.31. The van der Waals surface area contributed by atoms with Crippen LogP contribution in [0.2, 0.25) is 0 Å². The number of rotatable bonds is 3. The van der Waals surface area contributed by atoms with Gasteiger partial charge in [-0.25, -0.2) is 0 Å². The molecule has 3 rings (SSSR count). The highest BCUT2D eigenvalue weighted by atomic mass is 16.2. The van der Waals surface area contributed by atoms with E-state index in [0.717, 1.165) is 23.4 Å². The van der Waals surface area contributed by atoms with Gasteiger partial charge in [-0.1, -0.05) is 55.5 Å². The van der Waals surface area contributed by atoms with Crippen LogP contribution in [0.15, 0.2) is 71.3 Å². The molecule has 0 atom stereocenters. The second kappa shape index (κ2) is 5.75. The minimum Gasteiger partial charge on any atom is -0.267 e. The number of anilines is 1. The third-order valence-corrected chi connectivity index (χ3v) is 3.40. The van der Waals surface area contributed by atoms with Crippen molar-refractivity contribution in [3.8, 4) is 0 Å². The number of carbonyl (C=O) groups is 1. The van der Waals surface area contributed by atoms with Gasteiger partial charge >= 0.3 is 0 Å². The standard InChI is InChI=1S/C18H16N2O/c1-2-17-16(13-14-9-5-3-6-10-14)18(21)20(19-17)15-11-7-4-8-12-15/h3-13H,2H2,1H3. The first-order chi connectivity index (χ1) is 10.3. The molecule has 1 aliphatic rings. The Hall–Kier alpha value is -2.68. The maximum atomic E-state index is 12.6. The molecule has 0 aliphatic carbocycles. The summed E-state index contributed by atoms with van der Waals surface area (Å²) in [6.45, 7) is 2.01. The Balaban J connectivity index is 1.99. The van der Waals surface area contributed by atoms with E-state index in [4.69, 9.17) is 0 Å². The highest BCUT2D eigenvalue weighted by Crippen LogP contribution is 2.25. The molecule has 0 fully saturated rings. The van der Waals surface area contributed by atoms with Crippen LogP contribution in [0.3, 0.4) is 0 Å². The van der Waals surface area contributed by atoms with E-state index in [1.165, 1.54) is 5.01 Å². The van der Waals surface area contributed by atoms with E-state index in [1.807, 2.05) is 73.7 Å². The third kappa shape index (κ3) is 2.63. The fraction of sp³-hybridized carbons (Fsp3) is 0.111. The fourth-order valence-electron chi connectivity index (χ4n) is 2.32. The molecule has 1 heterocycles. The number of nitrogens with zero attached hydrogens (tertiary/aromatic N) is 2. The van der Waals surface area contributed by atoms with Crippen molar-refractivity contribution in [3.63, 3.8) is 0 Å². The van der Waals surface area contributed by atoms with Crippen LogP contribution >= 0.6 is 0 Å². The lowest BCUT2D eigenvalue weighted by atomic mass is 10.0. The largest absolute Gasteiger partial charge is 0.280 e. The third-order valence-electron chi connectivity index (χ3n) is 3.40. The molecule has 3 nitrogen and oxygen atoms in total. The quantitative estimate of drug-likeness (QED) is 0.783. The van der Waals surface area contributed by atoms with Crippen molar-refractivity contribution in [2.45, 2.75) is 13.3 Å². The molecule has 0 saturated heterocycles. The van der Waals surface area contributed by atoms with E-state index >= 15 is 0 Å². The Morgan fingerprint density at radius 1 is 1.00 bits per heavy atom. The molecule has 0 aromatic heterocycles. The Bertz CT molecular complexity index is 703. The van der Waals surface area contributed by atoms with E-state index in [-0.39, 0.29) is 5.91 Å². The van der Waals surface area contributed by atoms with Gasteiger partial charge in [0.2, 0.25) is 0 Å².